The fourth-order valence-corrected chi connectivity index (χ4v) is 7.33. The predicted octanol–water partition coefficient (Wildman–Crippen LogP) is 5.47. The summed E-state index contributed by atoms with van der Waals surface area (Å²) in [5.74, 6) is 1.03. The number of carbonyl (C=O) groups is 2. The Morgan fingerprint density at radius 2 is 1.87 bits per heavy atom. The standard InChI is InChI=1S/C35H39Cl2N10O6/c1-47(2,21-22-9-13-39-32(22)46(50)51)16-6-8-28(48)43-14-10-25(11-15-43)45-33-23(18-40-34(42-33)41-24-7-5-12-38-19-24)20-44(35(45)49)31-29(36)26(52-3)17-27(53-4)30(31)37/h5-8,12-13,17-19,25H,9-11,14-16,20-21H2,1-4H3,(H,40,41,42)/q+1/b8-6+. The van der Waals surface area contributed by atoms with Gasteiger partial charge < -0.3 is 34.3 Å². The molecule has 1 N–H and O–H groups in total. The number of aromatic nitrogens is 3. The maximum Gasteiger partial charge on any atom is 0.368 e. The average Bonchev–Trinajstić information content (AvgIpc) is 3.60. The molecule has 278 valence electrons. The summed E-state index contributed by atoms with van der Waals surface area (Å²) in [5, 5.41) is 14.8. The van der Waals surface area contributed by atoms with Gasteiger partial charge in [-0.05, 0) is 36.0 Å². The second-order valence-corrected chi connectivity index (χ2v) is 14.1. The van der Waals surface area contributed by atoms with Gasteiger partial charge in [-0.2, -0.15) is 4.98 Å². The Kier molecular flexibility index (Phi) is 11.1. The van der Waals surface area contributed by atoms with E-state index in [1.54, 1.807) is 58.9 Å². The molecule has 16 nitrogen and oxygen atoms in total. The second kappa shape index (κ2) is 15.7. The lowest BCUT2D eigenvalue weighted by Gasteiger charge is -2.43. The van der Waals surface area contributed by atoms with Crippen LogP contribution in [0.15, 0.2) is 65.3 Å². The molecule has 0 unspecified atom stereocenters. The molecule has 1 saturated heterocycles. The number of aliphatic imine (C=N–C) groups is 1. The Morgan fingerprint density at radius 1 is 1.15 bits per heavy atom. The number of anilines is 4. The molecule has 0 aliphatic carbocycles. The number of ether oxygens (including phenoxy) is 2. The van der Waals surface area contributed by atoms with Crippen molar-refractivity contribution in [3.63, 3.8) is 0 Å². The monoisotopic (exact) mass is 765 g/mol. The molecule has 3 aromatic rings. The maximum atomic E-state index is 14.6. The van der Waals surface area contributed by atoms with Crippen LogP contribution >= 0.6 is 23.2 Å². The first kappa shape index (κ1) is 37.4. The highest BCUT2D eigenvalue weighted by Gasteiger charge is 2.41. The van der Waals surface area contributed by atoms with Gasteiger partial charge in [0.15, 0.2) is 0 Å². The van der Waals surface area contributed by atoms with Crippen molar-refractivity contribution in [2.24, 2.45) is 4.99 Å². The zero-order valence-electron chi connectivity index (χ0n) is 29.7. The second-order valence-electron chi connectivity index (χ2n) is 13.3. The number of amides is 3. The molecule has 18 heteroatoms. The number of halogens is 2. The van der Waals surface area contributed by atoms with E-state index in [1.165, 1.54) is 19.1 Å². The van der Waals surface area contributed by atoms with Crippen molar-refractivity contribution in [1.29, 1.82) is 0 Å². The highest BCUT2D eigenvalue weighted by Crippen LogP contribution is 2.48. The van der Waals surface area contributed by atoms with E-state index in [1.807, 2.05) is 20.2 Å². The molecule has 6 rings (SSSR count). The minimum absolute atomic E-state index is 0.0717. The summed E-state index contributed by atoms with van der Waals surface area (Å²) >= 11 is 13.6. The van der Waals surface area contributed by atoms with Crippen LogP contribution in [0.25, 0.3) is 0 Å². The van der Waals surface area contributed by atoms with Crippen molar-refractivity contribution < 1.29 is 28.5 Å². The molecule has 0 radical (unpaired) electrons. The first-order valence-electron chi connectivity index (χ1n) is 16.8. The molecule has 0 saturated carbocycles. The molecule has 1 aromatic carbocycles. The number of nitro groups is 1. The minimum Gasteiger partial charge on any atom is -0.495 e. The van der Waals surface area contributed by atoms with Crippen LogP contribution in [0.2, 0.25) is 10.0 Å². The van der Waals surface area contributed by atoms with Crippen LogP contribution in [-0.4, -0.2) is 108 Å². The van der Waals surface area contributed by atoms with Gasteiger partial charge in [-0.3, -0.25) is 19.6 Å². The highest BCUT2D eigenvalue weighted by molar-refractivity contribution is 6.42. The summed E-state index contributed by atoms with van der Waals surface area (Å²) in [7, 11) is 6.82. The fraction of sp³-hybridized carbons (Fsp3) is 0.371. The number of methoxy groups -OCH3 is 2. The van der Waals surface area contributed by atoms with Gasteiger partial charge in [0, 0.05) is 55.7 Å². The predicted molar refractivity (Wildman–Crippen MR) is 201 cm³/mol. The lowest BCUT2D eigenvalue weighted by molar-refractivity contribution is -0.880. The summed E-state index contributed by atoms with van der Waals surface area (Å²) in [6.45, 7) is 1.78. The zero-order chi connectivity index (χ0) is 37.9. The van der Waals surface area contributed by atoms with E-state index in [2.05, 4.69) is 20.3 Å². The van der Waals surface area contributed by atoms with Gasteiger partial charge in [0.2, 0.25) is 11.9 Å². The van der Waals surface area contributed by atoms with Gasteiger partial charge >= 0.3 is 11.9 Å². The molecule has 5 heterocycles. The third kappa shape index (κ3) is 8.04. The Balaban J connectivity index is 1.22. The molecule has 3 aliphatic heterocycles. The van der Waals surface area contributed by atoms with E-state index >= 15 is 0 Å². The molecular formula is C35H39Cl2N10O6+. The summed E-state index contributed by atoms with van der Waals surface area (Å²) in [6.07, 6.45) is 11.2. The van der Waals surface area contributed by atoms with Crippen molar-refractivity contribution in [2.75, 3.05) is 69.6 Å². The van der Waals surface area contributed by atoms with Gasteiger partial charge in [-0.1, -0.05) is 28.2 Å². The Hall–Kier alpha value is -5.32. The number of quaternary nitrogens is 1. The lowest BCUT2D eigenvalue weighted by atomic mass is 10.0. The molecule has 0 spiro atoms. The zero-order valence-corrected chi connectivity index (χ0v) is 31.2. The quantitative estimate of drug-likeness (QED) is 0.108. The first-order valence-corrected chi connectivity index (χ1v) is 17.6. The van der Waals surface area contributed by atoms with E-state index in [0.717, 1.165) is 0 Å². The van der Waals surface area contributed by atoms with Crippen LogP contribution in [0.5, 0.6) is 11.5 Å². The van der Waals surface area contributed by atoms with Crippen LogP contribution < -0.4 is 24.6 Å². The highest BCUT2D eigenvalue weighted by atomic mass is 35.5. The number of nitrogens with one attached hydrogen (secondary N) is 1. The summed E-state index contributed by atoms with van der Waals surface area (Å²) in [6, 6.07) is 4.43. The number of rotatable bonds is 12. The van der Waals surface area contributed by atoms with Crippen LogP contribution in [0.4, 0.5) is 27.9 Å². The van der Waals surface area contributed by atoms with E-state index in [9.17, 15) is 19.7 Å². The van der Waals surface area contributed by atoms with Crippen molar-refractivity contribution in [3.8, 4) is 11.5 Å². The van der Waals surface area contributed by atoms with Gasteiger partial charge in [-0.15, -0.1) is 0 Å². The number of pyridine rings is 1. The number of likely N-dealkylation sites (N-methyl/N-ethyl adjacent to an activating group) is 1. The SMILES string of the molecule is COc1cc(OC)c(Cl)c(N2Cc3cnc(Nc4cccnc4)nc3N(C3CCN(C(=O)/C=C/C[N+](C)(C)CC4=C([N+](=O)[O-])N=CC4)CC3)C2=O)c1Cl. The number of nitrogens with zero attached hydrogens (tertiary/aromatic N) is 9. The van der Waals surface area contributed by atoms with Crippen LogP contribution in [0, 0.1) is 10.1 Å². The topological polar surface area (TPSA) is 169 Å². The van der Waals surface area contributed by atoms with E-state index < -0.39 is 11.0 Å². The molecule has 1 fully saturated rings. The Morgan fingerprint density at radius 3 is 2.51 bits per heavy atom. The van der Waals surface area contributed by atoms with Crippen LogP contribution in [0.3, 0.4) is 0 Å². The molecular weight excluding hydrogens is 727 g/mol. The normalized spacial score (nSPS) is 16.4. The summed E-state index contributed by atoms with van der Waals surface area (Å²) in [5.41, 5.74) is 2.23. The third-order valence-electron chi connectivity index (χ3n) is 9.23. The molecule has 3 aliphatic rings. The third-order valence-corrected chi connectivity index (χ3v) is 9.96. The van der Waals surface area contributed by atoms with Crippen molar-refractivity contribution >= 4 is 64.5 Å². The largest absolute Gasteiger partial charge is 0.495 e. The molecule has 0 bridgehead atoms. The average molecular weight is 767 g/mol. The van der Waals surface area contributed by atoms with Crippen molar-refractivity contribution in [1.82, 2.24) is 19.9 Å². The van der Waals surface area contributed by atoms with E-state index in [0.29, 0.717) is 72.6 Å². The molecule has 2 aromatic heterocycles. The summed E-state index contributed by atoms with van der Waals surface area (Å²) in [4.78, 5) is 61.0. The van der Waals surface area contributed by atoms with Crippen molar-refractivity contribution in [2.45, 2.75) is 31.8 Å². The van der Waals surface area contributed by atoms with E-state index in [-0.39, 0.29) is 57.5 Å². The van der Waals surface area contributed by atoms with Gasteiger partial charge in [0.25, 0.3) is 0 Å². The number of fused-ring (bicyclic) bond motifs is 1. The van der Waals surface area contributed by atoms with Crippen LogP contribution in [0.1, 0.15) is 24.8 Å². The van der Waals surface area contributed by atoms with Crippen molar-refractivity contribution in [3.05, 3.63) is 86.1 Å². The van der Waals surface area contributed by atoms with Gasteiger partial charge in [0.05, 0.1) is 64.5 Å². The number of hydrogen-bond acceptors (Lipinski definition) is 11. The van der Waals surface area contributed by atoms with Gasteiger partial charge in [-0.25, -0.2) is 9.78 Å². The summed E-state index contributed by atoms with van der Waals surface area (Å²) < 4.78 is 11.4. The smallest absolute Gasteiger partial charge is 0.368 e. The number of urea groups is 1. The number of hydrogen-bond donors (Lipinski definition) is 1. The number of benzene rings is 1. The molecule has 3 amide bonds. The number of likely N-dealkylation sites (tertiary alicyclic amines) is 1. The Labute approximate surface area is 316 Å². The number of carbonyl (C=O) groups excluding carboxylic acids is 2. The lowest BCUT2D eigenvalue weighted by Crippen LogP contribution is -2.55. The van der Waals surface area contributed by atoms with Crippen LogP contribution in [-0.2, 0) is 11.3 Å². The van der Waals surface area contributed by atoms with Gasteiger partial charge in [0.1, 0.15) is 40.1 Å². The number of piperidine rings is 1. The fourth-order valence-electron chi connectivity index (χ4n) is 6.62. The maximum absolute atomic E-state index is 14.6. The Bertz CT molecular complexity index is 1970. The van der Waals surface area contributed by atoms with E-state index in [4.69, 9.17) is 37.7 Å². The molecule has 53 heavy (non-hydrogen) atoms. The minimum atomic E-state index is -0.457. The first-order chi connectivity index (χ1) is 25.4. The molecule has 0 atom stereocenters.